The third-order valence-electron chi connectivity index (χ3n) is 4.89. The summed E-state index contributed by atoms with van der Waals surface area (Å²) in [6.07, 6.45) is 2.12. The molecule has 1 fully saturated rings. The van der Waals surface area contributed by atoms with Crippen molar-refractivity contribution in [2.45, 2.75) is 25.0 Å². The van der Waals surface area contributed by atoms with Crippen LogP contribution in [0.3, 0.4) is 0 Å². The number of nitrogens with zero attached hydrogens (tertiary/aromatic N) is 2. The molecule has 0 radical (unpaired) electrons. The maximum Gasteiger partial charge on any atom is 0.141 e. The van der Waals surface area contributed by atoms with Crippen LogP contribution in [-0.4, -0.2) is 41.1 Å². The first-order valence-corrected chi connectivity index (χ1v) is 8.83. The molecule has 6 heteroatoms. The topological polar surface area (TPSA) is 67.2 Å². The zero-order valence-electron chi connectivity index (χ0n) is 14.9. The van der Waals surface area contributed by atoms with Crippen LogP contribution in [0.25, 0.3) is 11.0 Å². The van der Waals surface area contributed by atoms with Gasteiger partial charge >= 0.3 is 0 Å². The van der Waals surface area contributed by atoms with E-state index in [1.165, 1.54) is 0 Å². The van der Waals surface area contributed by atoms with E-state index in [1.54, 1.807) is 0 Å². The molecule has 1 atom stereocenters. The Labute approximate surface area is 160 Å². The van der Waals surface area contributed by atoms with Crippen LogP contribution >= 0.6 is 12.4 Å². The number of aromatic amines is 1. The molecule has 1 unspecified atom stereocenters. The van der Waals surface area contributed by atoms with E-state index in [0.29, 0.717) is 0 Å². The summed E-state index contributed by atoms with van der Waals surface area (Å²) in [5.41, 5.74) is 9.68. The van der Waals surface area contributed by atoms with Crippen molar-refractivity contribution in [3.05, 3.63) is 59.9 Å². The maximum absolute atomic E-state index is 6.52. The van der Waals surface area contributed by atoms with E-state index in [4.69, 9.17) is 15.5 Å². The lowest BCUT2D eigenvalue weighted by Crippen LogP contribution is -2.35. The molecule has 0 aliphatic carbocycles. The van der Waals surface area contributed by atoms with Gasteiger partial charge in [0.15, 0.2) is 0 Å². The van der Waals surface area contributed by atoms with Gasteiger partial charge in [0.1, 0.15) is 11.9 Å². The number of rotatable bonds is 4. The van der Waals surface area contributed by atoms with Crippen molar-refractivity contribution in [2.75, 3.05) is 25.9 Å². The van der Waals surface area contributed by atoms with Crippen molar-refractivity contribution in [3.8, 4) is 0 Å². The SMILES string of the molecule is CN1CCC(OC(c2ccc(N)cc2)c2nc3ccccc3[nH]2)CC1.Cl. The highest BCUT2D eigenvalue weighted by atomic mass is 35.5. The summed E-state index contributed by atoms with van der Waals surface area (Å²) < 4.78 is 6.52. The van der Waals surface area contributed by atoms with Crippen molar-refractivity contribution >= 4 is 29.1 Å². The zero-order valence-corrected chi connectivity index (χ0v) is 15.7. The molecule has 1 aliphatic heterocycles. The molecule has 5 nitrogen and oxygen atoms in total. The van der Waals surface area contributed by atoms with Crippen molar-refractivity contribution in [1.29, 1.82) is 0 Å². The number of imidazole rings is 1. The van der Waals surface area contributed by atoms with E-state index in [-0.39, 0.29) is 24.6 Å². The second-order valence-electron chi connectivity index (χ2n) is 6.82. The molecule has 2 aromatic carbocycles. The molecular weight excluding hydrogens is 348 g/mol. The molecule has 1 saturated heterocycles. The van der Waals surface area contributed by atoms with Crippen LogP contribution in [0.2, 0.25) is 0 Å². The Hall–Kier alpha value is -2.08. The average molecular weight is 373 g/mol. The molecule has 4 rings (SSSR count). The molecule has 138 valence electrons. The minimum atomic E-state index is -0.207. The van der Waals surface area contributed by atoms with Gasteiger partial charge in [0, 0.05) is 18.8 Å². The fourth-order valence-electron chi connectivity index (χ4n) is 3.38. The normalized spacial score (nSPS) is 17.1. The summed E-state index contributed by atoms with van der Waals surface area (Å²) in [6, 6.07) is 16.0. The van der Waals surface area contributed by atoms with Gasteiger partial charge in [-0.25, -0.2) is 4.98 Å². The van der Waals surface area contributed by atoms with Gasteiger partial charge in [-0.2, -0.15) is 0 Å². The highest BCUT2D eigenvalue weighted by Gasteiger charge is 2.25. The number of hydrogen-bond acceptors (Lipinski definition) is 4. The Kier molecular flexibility index (Phi) is 5.81. The van der Waals surface area contributed by atoms with Crippen LogP contribution < -0.4 is 5.73 Å². The third-order valence-corrected chi connectivity index (χ3v) is 4.89. The van der Waals surface area contributed by atoms with E-state index in [2.05, 4.69) is 16.9 Å². The van der Waals surface area contributed by atoms with Crippen LogP contribution in [0.5, 0.6) is 0 Å². The number of fused-ring (bicyclic) bond motifs is 1. The van der Waals surface area contributed by atoms with E-state index >= 15 is 0 Å². The number of H-pyrrole nitrogens is 1. The van der Waals surface area contributed by atoms with Gasteiger partial charge in [-0.05, 0) is 49.7 Å². The lowest BCUT2D eigenvalue weighted by atomic mass is 10.1. The van der Waals surface area contributed by atoms with Crippen LogP contribution in [-0.2, 0) is 4.74 Å². The summed E-state index contributed by atoms with van der Waals surface area (Å²) in [7, 11) is 2.16. The Bertz CT molecular complexity index is 807. The number of piperidine rings is 1. The second kappa shape index (κ2) is 8.08. The Morgan fingerprint density at radius 2 is 1.81 bits per heavy atom. The molecule has 3 N–H and O–H groups in total. The highest BCUT2D eigenvalue weighted by molar-refractivity contribution is 5.85. The fourth-order valence-corrected chi connectivity index (χ4v) is 3.38. The van der Waals surface area contributed by atoms with Crippen LogP contribution in [0, 0.1) is 0 Å². The smallest absolute Gasteiger partial charge is 0.141 e. The average Bonchev–Trinajstić information content (AvgIpc) is 3.06. The molecule has 26 heavy (non-hydrogen) atoms. The summed E-state index contributed by atoms with van der Waals surface area (Å²) in [5, 5.41) is 0. The third kappa shape index (κ3) is 4.01. The van der Waals surface area contributed by atoms with Crippen molar-refractivity contribution < 1.29 is 4.74 Å². The number of likely N-dealkylation sites (tertiary alicyclic amines) is 1. The number of ether oxygens (including phenoxy) is 1. The van der Waals surface area contributed by atoms with Gasteiger partial charge in [0.2, 0.25) is 0 Å². The van der Waals surface area contributed by atoms with Crippen molar-refractivity contribution in [1.82, 2.24) is 14.9 Å². The predicted octanol–water partition coefficient (Wildman–Crippen LogP) is 3.77. The second-order valence-corrected chi connectivity index (χ2v) is 6.82. The molecule has 0 amide bonds. The highest BCUT2D eigenvalue weighted by Crippen LogP contribution is 2.30. The lowest BCUT2D eigenvalue weighted by molar-refractivity contribution is -0.0264. The molecule has 1 aliphatic rings. The van der Waals surface area contributed by atoms with Gasteiger partial charge in [-0.1, -0.05) is 24.3 Å². The number of benzene rings is 2. The summed E-state index contributed by atoms with van der Waals surface area (Å²) in [5.74, 6) is 0.852. The van der Waals surface area contributed by atoms with E-state index in [9.17, 15) is 0 Å². The summed E-state index contributed by atoms with van der Waals surface area (Å²) in [4.78, 5) is 10.5. The molecule has 0 bridgehead atoms. The minimum Gasteiger partial charge on any atom is -0.399 e. The standard InChI is InChI=1S/C20H24N4O.ClH/c1-24-12-10-16(11-13-24)25-19(14-6-8-15(21)9-7-14)20-22-17-4-2-3-5-18(17)23-20;/h2-9,16,19H,10-13,21H2,1H3,(H,22,23);1H. The molecule has 2 heterocycles. The molecular formula is C20H25ClN4O. The lowest BCUT2D eigenvalue weighted by Gasteiger charge is -2.31. The van der Waals surface area contributed by atoms with E-state index < -0.39 is 0 Å². The number of nitrogens with one attached hydrogen (secondary N) is 1. The van der Waals surface area contributed by atoms with Gasteiger partial charge in [-0.3, -0.25) is 0 Å². The minimum absolute atomic E-state index is 0. The van der Waals surface area contributed by atoms with Crippen molar-refractivity contribution in [2.24, 2.45) is 0 Å². The number of para-hydroxylation sites is 2. The van der Waals surface area contributed by atoms with Crippen LogP contribution in [0.4, 0.5) is 5.69 Å². The van der Waals surface area contributed by atoms with Crippen molar-refractivity contribution in [3.63, 3.8) is 0 Å². The van der Waals surface area contributed by atoms with E-state index in [1.807, 2.05) is 48.5 Å². The zero-order chi connectivity index (χ0) is 17.2. The Morgan fingerprint density at radius 3 is 2.50 bits per heavy atom. The maximum atomic E-state index is 6.52. The van der Waals surface area contributed by atoms with Crippen LogP contribution in [0.15, 0.2) is 48.5 Å². The summed E-state index contributed by atoms with van der Waals surface area (Å²) in [6.45, 7) is 2.14. The predicted molar refractivity (Wildman–Crippen MR) is 108 cm³/mol. The van der Waals surface area contributed by atoms with Crippen LogP contribution in [0.1, 0.15) is 30.3 Å². The summed E-state index contributed by atoms with van der Waals surface area (Å²) >= 11 is 0. The van der Waals surface area contributed by atoms with Gasteiger partial charge in [0.25, 0.3) is 0 Å². The van der Waals surface area contributed by atoms with E-state index in [0.717, 1.165) is 54.0 Å². The number of halogens is 1. The quantitative estimate of drug-likeness (QED) is 0.684. The largest absolute Gasteiger partial charge is 0.399 e. The number of nitrogen functional groups attached to an aromatic ring is 1. The number of hydrogen-bond donors (Lipinski definition) is 2. The van der Waals surface area contributed by atoms with Gasteiger partial charge < -0.3 is 20.4 Å². The number of nitrogens with two attached hydrogens (primary N) is 1. The molecule has 3 aromatic rings. The number of aromatic nitrogens is 2. The molecule has 0 spiro atoms. The monoisotopic (exact) mass is 372 g/mol. The molecule has 0 saturated carbocycles. The number of anilines is 1. The first-order chi connectivity index (χ1) is 12.2. The fraction of sp³-hybridized carbons (Fsp3) is 0.350. The first kappa shape index (κ1) is 18.7. The Balaban J connectivity index is 0.00000196. The molecule has 1 aromatic heterocycles. The van der Waals surface area contributed by atoms with Gasteiger partial charge in [-0.15, -0.1) is 12.4 Å². The Morgan fingerprint density at radius 1 is 1.12 bits per heavy atom. The first-order valence-electron chi connectivity index (χ1n) is 8.83. The van der Waals surface area contributed by atoms with Gasteiger partial charge in [0.05, 0.1) is 17.1 Å².